The van der Waals surface area contributed by atoms with E-state index in [1.165, 1.54) is 12.0 Å². The van der Waals surface area contributed by atoms with E-state index in [0.29, 0.717) is 5.92 Å². The molecule has 3 N–H and O–H groups in total. The number of pyridine rings is 1. The number of nitrogens with two attached hydrogens (primary N) is 1. The summed E-state index contributed by atoms with van der Waals surface area (Å²) in [7, 11) is 0. The molecule has 6 heteroatoms. The fourth-order valence-electron chi connectivity index (χ4n) is 2.64. The van der Waals surface area contributed by atoms with Gasteiger partial charge in [-0.25, -0.2) is 0 Å². The molecule has 1 atom stereocenters. The molecule has 1 fully saturated rings. The summed E-state index contributed by atoms with van der Waals surface area (Å²) in [6.45, 7) is 2.72. The van der Waals surface area contributed by atoms with Crippen LogP contribution in [0, 0.1) is 5.92 Å². The van der Waals surface area contributed by atoms with E-state index in [-0.39, 0.29) is 0 Å². The minimum absolute atomic E-state index is 0.561. The molecule has 0 spiro atoms. The van der Waals surface area contributed by atoms with Gasteiger partial charge in [-0.2, -0.15) is 4.98 Å². The summed E-state index contributed by atoms with van der Waals surface area (Å²) in [5.41, 5.74) is 6.95. The van der Waals surface area contributed by atoms with Crippen molar-refractivity contribution in [3.8, 4) is 0 Å². The normalized spacial score (nSPS) is 19.2. The highest BCUT2D eigenvalue weighted by Crippen LogP contribution is 2.19. The molecule has 2 aromatic heterocycles. The minimum Gasteiger partial charge on any atom is -0.339 e. The van der Waals surface area contributed by atoms with Gasteiger partial charge >= 0.3 is 0 Å². The van der Waals surface area contributed by atoms with Crippen LogP contribution in [0.1, 0.15) is 24.2 Å². The van der Waals surface area contributed by atoms with Crippen LogP contribution in [-0.4, -0.2) is 39.8 Å². The van der Waals surface area contributed by atoms with Crippen LogP contribution in [-0.2, 0) is 6.42 Å². The number of hydrogen-bond acceptors (Lipinski definition) is 5. The number of hydrogen-bond donors (Lipinski definition) is 2. The predicted octanol–water partition coefficient (Wildman–Crippen LogP) is 0.966. The van der Waals surface area contributed by atoms with Gasteiger partial charge in [0, 0.05) is 31.9 Å². The van der Waals surface area contributed by atoms with Gasteiger partial charge in [-0.15, -0.1) is 5.10 Å². The topological polar surface area (TPSA) is 83.7 Å². The summed E-state index contributed by atoms with van der Waals surface area (Å²) in [5.74, 6) is 2.25. The minimum atomic E-state index is 0.561. The maximum atomic E-state index is 5.77. The highest BCUT2D eigenvalue weighted by atomic mass is 15.4. The molecule has 106 valence electrons. The number of aromatic amines is 1. The van der Waals surface area contributed by atoms with Crippen LogP contribution in [0.4, 0.5) is 5.95 Å². The van der Waals surface area contributed by atoms with Crippen molar-refractivity contribution in [3.63, 3.8) is 0 Å². The van der Waals surface area contributed by atoms with Crippen molar-refractivity contribution < 1.29 is 0 Å². The van der Waals surface area contributed by atoms with Gasteiger partial charge in [0.25, 0.3) is 0 Å². The molecule has 1 aliphatic rings. The molecule has 0 saturated carbocycles. The molecule has 1 saturated heterocycles. The van der Waals surface area contributed by atoms with Crippen molar-refractivity contribution in [2.75, 3.05) is 24.5 Å². The smallest absolute Gasteiger partial charge is 0.244 e. The summed E-state index contributed by atoms with van der Waals surface area (Å²) < 4.78 is 0. The van der Waals surface area contributed by atoms with Gasteiger partial charge in [-0.05, 0) is 43.0 Å². The molecule has 2 aromatic rings. The van der Waals surface area contributed by atoms with E-state index in [1.807, 2.05) is 12.1 Å². The zero-order chi connectivity index (χ0) is 13.8. The van der Waals surface area contributed by atoms with Crippen LogP contribution in [0.15, 0.2) is 24.5 Å². The van der Waals surface area contributed by atoms with Crippen LogP contribution in [0.3, 0.4) is 0 Å². The number of nitrogens with zero attached hydrogens (tertiary/aromatic N) is 4. The third kappa shape index (κ3) is 2.96. The molecule has 0 radical (unpaired) electrons. The molecule has 1 aliphatic heterocycles. The lowest BCUT2D eigenvalue weighted by atomic mass is 9.99. The van der Waals surface area contributed by atoms with Crippen LogP contribution >= 0.6 is 0 Å². The van der Waals surface area contributed by atoms with E-state index in [2.05, 4.69) is 25.1 Å². The van der Waals surface area contributed by atoms with E-state index in [1.54, 1.807) is 12.4 Å². The molecule has 0 bridgehead atoms. The largest absolute Gasteiger partial charge is 0.339 e. The summed E-state index contributed by atoms with van der Waals surface area (Å²) in [6.07, 6.45) is 6.72. The third-order valence-electron chi connectivity index (χ3n) is 3.78. The van der Waals surface area contributed by atoms with Crippen molar-refractivity contribution in [1.29, 1.82) is 0 Å². The summed E-state index contributed by atoms with van der Waals surface area (Å²) >= 11 is 0. The predicted molar refractivity (Wildman–Crippen MR) is 77.4 cm³/mol. The third-order valence-corrected chi connectivity index (χ3v) is 3.78. The molecule has 0 aliphatic carbocycles. The Morgan fingerprint density at radius 3 is 3.00 bits per heavy atom. The monoisotopic (exact) mass is 272 g/mol. The first-order chi connectivity index (χ1) is 9.85. The number of nitrogens with one attached hydrogen (secondary N) is 1. The quantitative estimate of drug-likeness (QED) is 0.866. The molecular weight excluding hydrogens is 252 g/mol. The first-order valence-electron chi connectivity index (χ1n) is 7.10. The van der Waals surface area contributed by atoms with E-state index in [0.717, 1.165) is 44.2 Å². The fourth-order valence-corrected chi connectivity index (χ4v) is 2.64. The summed E-state index contributed by atoms with van der Waals surface area (Å²) in [5, 5.41) is 7.37. The SMILES string of the molecule is NCC1CCCN(c2n[nH]c(Cc3ccncc3)n2)C1. The van der Waals surface area contributed by atoms with Gasteiger partial charge in [0.15, 0.2) is 0 Å². The van der Waals surface area contributed by atoms with Gasteiger partial charge in [-0.1, -0.05) is 0 Å². The van der Waals surface area contributed by atoms with Crippen LogP contribution in [0.5, 0.6) is 0 Å². The van der Waals surface area contributed by atoms with E-state index < -0.39 is 0 Å². The van der Waals surface area contributed by atoms with Crippen molar-refractivity contribution in [3.05, 3.63) is 35.9 Å². The number of aromatic nitrogens is 4. The van der Waals surface area contributed by atoms with Gasteiger partial charge in [0.05, 0.1) is 0 Å². The fraction of sp³-hybridized carbons (Fsp3) is 0.500. The molecule has 3 heterocycles. The number of H-pyrrole nitrogens is 1. The van der Waals surface area contributed by atoms with Crippen LogP contribution in [0.2, 0.25) is 0 Å². The lowest BCUT2D eigenvalue weighted by molar-refractivity contribution is 0.420. The van der Waals surface area contributed by atoms with Gasteiger partial charge < -0.3 is 10.6 Å². The van der Waals surface area contributed by atoms with Gasteiger partial charge in [0.2, 0.25) is 5.95 Å². The second-order valence-electron chi connectivity index (χ2n) is 5.30. The van der Waals surface area contributed by atoms with Crippen molar-refractivity contribution in [1.82, 2.24) is 20.2 Å². The lowest BCUT2D eigenvalue weighted by Crippen LogP contribution is -2.39. The van der Waals surface area contributed by atoms with E-state index in [9.17, 15) is 0 Å². The zero-order valence-corrected chi connectivity index (χ0v) is 11.5. The Morgan fingerprint density at radius 2 is 2.20 bits per heavy atom. The van der Waals surface area contributed by atoms with Crippen LogP contribution < -0.4 is 10.6 Å². The summed E-state index contributed by atoms with van der Waals surface area (Å²) in [4.78, 5) is 10.8. The average Bonchev–Trinajstić information content (AvgIpc) is 2.97. The van der Waals surface area contributed by atoms with Crippen molar-refractivity contribution in [2.45, 2.75) is 19.3 Å². The standard InChI is InChI=1S/C14H20N6/c15-9-12-2-1-7-20(10-12)14-17-13(18-19-14)8-11-3-5-16-6-4-11/h3-6,12H,1-2,7-10,15H2,(H,17,18,19). The Labute approximate surface area is 118 Å². The number of anilines is 1. The second-order valence-corrected chi connectivity index (χ2v) is 5.30. The maximum absolute atomic E-state index is 5.77. The molecule has 0 amide bonds. The van der Waals surface area contributed by atoms with Gasteiger partial charge in [-0.3, -0.25) is 10.1 Å². The van der Waals surface area contributed by atoms with Crippen molar-refractivity contribution >= 4 is 5.95 Å². The Hall–Kier alpha value is -1.95. The summed E-state index contributed by atoms with van der Waals surface area (Å²) in [6, 6.07) is 3.99. The highest BCUT2D eigenvalue weighted by Gasteiger charge is 2.21. The Kier molecular flexibility index (Phi) is 3.92. The molecule has 3 rings (SSSR count). The molecule has 20 heavy (non-hydrogen) atoms. The second kappa shape index (κ2) is 6.00. The number of rotatable bonds is 4. The zero-order valence-electron chi connectivity index (χ0n) is 11.5. The highest BCUT2D eigenvalue weighted by molar-refractivity contribution is 5.30. The van der Waals surface area contributed by atoms with Crippen LogP contribution in [0.25, 0.3) is 0 Å². The van der Waals surface area contributed by atoms with Gasteiger partial charge in [0.1, 0.15) is 5.82 Å². The molecular formula is C14H20N6. The first kappa shape index (κ1) is 13.1. The van der Waals surface area contributed by atoms with Crippen molar-refractivity contribution in [2.24, 2.45) is 11.7 Å². The van der Waals surface area contributed by atoms with E-state index >= 15 is 0 Å². The lowest BCUT2D eigenvalue weighted by Gasteiger charge is -2.31. The average molecular weight is 272 g/mol. The molecule has 1 unspecified atom stereocenters. The molecule has 6 nitrogen and oxygen atoms in total. The molecule has 0 aromatic carbocycles. The Balaban J connectivity index is 1.67. The van der Waals surface area contributed by atoms with E-state index in [4.69, 9.17) is 5.73 Å². The maximum Gasteiger partial charge on any atom is 0.244 e. The Morgan fingerprint density at radius 1 is 1.35 bits per heavy atom. The first-order valence-corrected chi connectivity index (χ1v) is 7.10. The Bertz CT molecular complexity index is 538. The number of piperidine rings is 1.